The first-order chi connectivity index (χ1) is 15.7. The minimum Gasteiger partial charge on any atom is -0.402 e. The molecule has 0 aromatic heterocycles. The predicted octanol–water partition coefficient (Wildman–Crippen LogP) is 2.67. The Balaban J connectivity index is 2.69. The highest BCUT2D eigenvalue weighted by atomic mass is 32.2. The molecule has 4 amide bonds. The van der Waals surface area contributed by atoms with E-state index in [9.17, 15) is 19.2 Å². The highest BCUT2D eigenvalue weighted by Crippen LogP contribution is 2.45. The largest absolute Gasteiger partial charge is 0.439 e. The summed E-state index contributed by atoms with van der Waals surface area (Å²) >= 11 is 3.72. The average molecular weight is 561 g/mol. The second-order valence-electron chi connectivity index (χ2n) is 7.43. The van der Waals surface area contributed by atoms with Crippen molar-refractivity contribution in [3.63, 3.8) is 0 Å². The molecule has 0 saturated carbocycles. The zero-order valence-electron chi connectivity index (χ0n) is 19.9. The summed E-state index contributed by atoms with van der Waals surface area (Å²) in [4.78, 5) is 58.8. The van der Waals surface area contributed by atoms with Gasteiger partial charge >= 0.3 is 24.4 Å². The van der Waals surface area contributed by atoms with Crippen molar-refractivity contribution in [3.05, 3.63) is 0 Å². The smallest absolute Gasteiger partial charge is 0.402 e. The lowest BCUT2D eigenvalue weighted by Crippen LogP contribution is -2.67. The monoisotopic (exact) mass is 560 g/mol. The van der Waals surface area contributed by atoms with Crippen molar-refractivity contribution in [2.24, 2.45) is 0 Å². The van der Waals surface area contributed by atoms with Gasteiger partial charge in [0.05, 0.1) is 30.7 Å². The maximum Gasteiger partial charge on any atom is 0.439 e. The molecule has 34 heavy (non-hydrogen) atoms. The van der Waals surface area contributed by atoms with E-state index in [0.29, 0.717) is 24.3 Å². The zero-order valence-corrected chi connectivity index (χ0v) is 23.2. The van der Waals surface area contributed by atoms with Crippen molar-refractivity contribution in [2.45, 2.75) is 35.8 Å². The summed E-state index contributed by atoms with van der Waals surface area (Å²) in [5, 5.41) is 0. The summed E-state index contributed by atoms with van der Waals surface area (Å²) in [6.45, 7) is 3.22. The molecule has 0 bridgehead atoms. The highest BCUT2D eigenvalue weighted by Gasteiger charge is 2.61. The van der Waals surface area contributed by atoms with Gasteiger partial charge in [0.1, 0.15) is 4.87 Å². The summed E-state index contributed by atoms with van der Waals surface area (Å²) in [7, 11) is 5.56. The van der Waals surface area contributed by atoms with Crippen LogP contribution in [0.25, 0.3) is 0 Å². The number of hydrogen-bond donors (Lipinski definition) is 2. The minimum absolute atomic E-state index is 0.232. The van der Waals surface area contributed by atoms with Crippen LogP contribution in [0.1, 0.15) is 20.3 Å². The van der Waals surface area contributed by atoms with E-state index in [4.69, 9.17) is 19.1 Å². The molecule has 2 aliphatic rings. The maximum absolute atomic E-state index is 13.1. The summed E-state index contributed by atoms with van der Waals surface area (Å²) in [5.74, 6) is -2.08. The number of carbonyl (C=O) groups excluding carboxylic acids is 4. The first-order valence-electron chi connectivity index (χ1n) is 9.54. The number of nitrogens with zero attached hydrogens (tertiary/aromatic N) is 4. The lowest BCUT2D eigenvalue weighted by molar-refractivity contribution is -0.220. The van der Waals surface area contributed by atoms with Gasteiger partial charge in [-0.1, -0.05) is 0 Å². The fourth-order valence-corrected chi connectivity index (χ4v) is 4.86. The fraction of sp³-hybridized carbons (Fsp3) is 0.750. The van der Waals surface area contributed by atoms with E-state index in [1.807, 2.05) is 0 Å². The molecule has 0 aromatic rings. The summed E-state index contributed by atoms with van der Waals surface area (Å²) in [5.41, 5.74) is 5.29. The Kier molecular flexibility index (Phi) is 9.25. The van der Waals surface area contributed by atoms with Crippen LogP contribution >= 0.6 is 47.8 Å². The Morgan fingerprint density at radius 2 is 1.15 bits per heavy atom. The number of carbonyl (C=O) groups is 4. The normalized spacial score (nSPS) is 32.5. The predicted molar refractivity (Wildman–Crippen MR) is 130 cm³/mol. The van der Waals surface area contributed by atoms with Gasteiger partial charge in [-0.05, 0) is 26.4 Å². The van der Waals surface area contributed by atoms with Crippen LogP contribution in [-0.2, 0) is 19.1 Å². The molecule has 0 aromatic carbocycles. The molecule has 0 aliphatic carbocycles. The molecular weight excluding hydrogens is 532 g/mol. The third kappa shape index (κ3) is 6.14. The van der Waals surface area contributed by atoms with Crippen LogP contribution in [0.4, 0.5) is 19.2 Å². The maximum atomic E-state index is 13.1. The van der Waals surface area contributed by atoms with Crippen LogP contribution in [0.5, 0.6) is 0 Å². The first-order valence-corrected chi connectivity index (χ1v) is 13.5. The zero-order chi connectivity index (χ0) is 25.9. The molecule has 3 atom stereocenters. The molecule has 1 spiro atoms. The van der Waals surface area contributed by atoms with Gasteiger partial charge in [-0.2, -0.15) is 0 Å². The average Bonchev–Trinajstić information content (AvgIpc) is 2.79. The van der Waals surface area contributed by atoms with Crippen molar-refractivity contribution in [3.8, 4) is 0 Å². The lowest BCUT2D eigenvalue weighted by atomic mass is 9.99. The Labute approximate surface area is 214 Å². The van der Waals surface area contributed by atoms with Crippen LogP contribution in [0.15, 0.2) is 0 Å². The number of thioether (sulfide) groups is 2. The standard InChI is InChI=1S/C16H28N6O8S4/c1-14(31-7)9-16(27-10(23)19(3)33-21(5)12(25)29-17-14)15(2,32-8)18-30-13(26)22(6)34-20(4)11(24)28-16/h17-18H,9H2,1-8H3. The fourth-order valence-electron chi connectivity index (χ4n) is 2.66. The molecule has 2 rings (SSSR count). The molecule has 14 nitrogen and oxygen atoms in total. The van der Waals surface area contributed by atoms with Gasteiger partial charge in [-0.25, -0.2) is 36.4 Å². The second kappa shape index (κ2) is 11.0. The topological polar surface area (TPSA) is 142 Å². The van der Waals surface area contributed by atoms with Crippen molar-refractivity contribution in [1.82, 2.24) is 28.2 Å². The molecule has 2 fully saturated rings. The molecule has 2 heterocycles. The Bertz CT molecular complexity index is 828. The van der Waals surface area contributed by atoms with E-state index in [1.54, 1.807) is 26.4 Å². The highest BCUT2D eigenvalue weighted by molar-refractivity contribution is 8.00. The van der Waals surface area contributed by atoms with Crippen LogP contribution in [0.3, 0.4) is 0 Å². The third-order valence-electron chi connectivity index (χ3n) is 4.87. The van der Waals surface area contributed by atoms with Crippen LogP contribution in [0, 0.1) is 0 Å². The van der Waals surface area contributed by atoms with Gasteiger partial charge in [-0.3, -0.25) is 0 Å². The van der Waals surface area contributed by atoms with Crippen molar-refractivity contribution >= 4 is 72.2 Å². The van der Waals surface area contributed by atoms with E-state index < -0.39 is 39.9 Å². The number of ether oxygens (including phenoxy) is 2. The van der Waals surface area contributed by atoms with Crippen LogP contribution in [0.2, 0.25) is 0 Å². The number of amides is 4. The summed E-state index contributed by atoms with van der Waals surface area (Å²) in [6.07, 6.45) is -0.265. The molecule has 0 radical (unpaired) electrons. The molecular formula is C16H28N6O8S4. The Hall–Kier alpha value is -1.60. The molecule has 3 unspecified atom stereocenters. The van der Waals surface area contributed by atoms with Gasteiger partial charge in [0.15, 0.2) is 4.87 Å². The molecule has 2 aliphatic heterocycles. The van der Waals surface area contributed by atoms with E-state index in [-0.39, 0.29) is 6.42 Å². The van der Waals surface area contributed by atoms with E-state index in [2.05, 4.69) is 11.0 Å². The molecule has 2 N–H and O–H groups in total. The van der Waals surface area contributed by atoms with E-state index >= 15 is 0 Å². The van der Waals surface area contributed by atoms with Gasteiger partial charge < -0.3 is 19.1 Å². The number of nitrogens with one attached hydrogen (secondary N) is 2. The quantitative estimate of drug-likeness (QED) is 0.377. The second-order valence-corrected chi connectivity index (χ2v) is 12.5. The summed E-state index contributed by atoms with van der Waals surface area (Å²) in [6, 6.07) is 0. The molecule has 194 valence electrons. The lowest BCUT2D eigenvalue weighted by Gasteiger charge is -2.48. The summed E-state index contributed by atoms with van der Waals surface area (Å²) < 4.78 is 16.0. The van der Waals surface area contributed by atoms with Crippen LogP contribution < -0.4 is 11.0 Å². The van der Waals surface area contributed by atoms with Gasteiger partial charge in [-0.15, -0.1) is 34.5 Å². The molecule has 2 saturated heterocycles. The number of hydrogen-bond acceptors (Lipinski definition) is 14. The van der Waals surface area contributed by atoms with Gasteiger partial charge in [0.2, 0.25) is 0 Å². The van der Waals surface area contributed by atoms with Crippen LogP contribution in [-0.4, -0.2) is 97.8 Å². The van der Waals surface area contributed by atoms with E-state index in [1.165, 1.54) is 40.0 Å². The Morgan fingerprint density at radius 1 is 0.735 bits per heavy atom. The van der Waals surface area contributed by atoms with Crippen molar-refractivity contribution in [2.75, 3.05) is 40.7 Å². The number of hydroxylamine groups is 2. The Morgan fingerprint density at radius 3 is 1.56 bits per heavy atom. The van der Waals surface area contributed by atoms with E-state index in [0.717, 1.165) is 29.0 Å². The van der Waals surface area contributed by atoms with Gasteiger partial charge in [0, 0.05) is 28.2 Å². The van der Waals surface area contributed by atoms with Crippen molar-refractivity contribution < 1.29 is 38.3 Å². The SMILES string of the molecule is CSC1(C)CC2(OC(=O)N(C)SN(C)C(=O)ON1)OC(=O)N(C)SN(C)C(=O)ONC2(C)SC. The van der Waals surface area contributed by atoms with Crippen molar-refractivity contribution in [1.29, 1.82) is 0 Å². The molecule has 18 heteroatoms. The van der Waals surface area contributed by atoms with Gasteiger partial charge in [0.25, 0.3) is 5.79 Å². The first kappa shape index (κ1) is 28.6. The third-order valence-corrected chi connectivity index (χ3v) is 8.78. The number of rotatable bonds is 2. The minimum atomic E-state index is -2.08.